The van der Waals surface area contributed by atoms with E-state index in [0.717, 1.165) is 122 Å². The molecule has 0 aromatic heterocycles. The average molecular weight is 1060 g/mol. The number of allylic oxidation sites excluding steroid dienone is 10. The highest BCUT2D eigenvalue weighted by Gasteiger charge is 2.28. The second-order valence-electron chi connectivity index (χ2n) is 20.2. The number of aliphatic hydroxyl groups excluding tert-OH is 1. The number of unbranched alkanes of at least 4 members (excludes halogenated alkanes) is 29. The van der Waals surface area contributed by atoms with Crippen molar-refractivity contribution in [2.75, 3.05) is 26.4 Å². The van der Waals surface area contributed by atoms with Gasteiger partial charge in [-0.2, -0.15) is 0 Å². The molecule has 3 atom stereocenters. The zero-order valence-corrected chi connectivity index (χ0v) is 48.5. The van der Waals surface area contributed by atoms with Crippen molar-refractivity contribution in [3.05, 3.63) is 60.8 Å². The van der Waals surface area contributed by atoms with E-state index < -0.39 is 57.8 Å². The summed E-state index contributed by atoms with van der Waals surface area (Å²) in [5.41, 5.74) is 0. The van der Waals surface area contributed by atoms with Crippen LogP contribution < -0.4 is 0 Å². The molecule has 0 aliphatic rings. The molecule has 0 heterocycles. The number of ether oxygens (including phenoxy) is 3. The van der Waals surface area contributed by atoms with Gasteiger partial charge in [-0.15, -0.1) is 0 Å². The van der Waals surface area contributed by atoms with Gasteiger partial charge in [0.2, 0.25) is 0 Å². The van der Waals surface area contributed by atoms with E-state index in [1.165, 1.54) is 96.3 Å². The van der Waals surface area contributed by atoms with E-state index in [-0.39, 0.29) is 25.9 Å². The summed E-state index contributed by atoms with van der Waals surface area (Å²) >= 11 is 0. The highest BCUT2D eigenvalue weighted by molar-refractivity contribution is 7.47. The van der Waals surface area contributed by atoms with Gasteiger partial charge in [-0.1, -0.05) is 216 Å². The van der Waals surface area contributed by atoms with E-state index >= 15 is 0 Å². The lowest BCUT2D eigenvalue weighted by Gasteiger charge is -2.21. The standard InChI is InChI=1S/C62H111O11P/c1-4-7-10-13-16-19-22-24-26-28-29-31-32-34-37-39-42-45-48-51-60(64)69-55-59(73-62(66)53-50-47-44-41-38-35-33-30-27-25-23-20-17-14-11-8-5-2)57-71-74(67,68)70-56-58(54-63)72-61(65)52-49-46-43-40-36-21-18-15-12-9-6-3/h15-16,18-19,24-27,29,31,58-59,63H,4-14,17,20-23,28,30,32-57H2,1-3H3,(H,67,68)/b18-15-,19-16-,26-24-,27-25-,31-29-. The predicted molar refractivity (Wildman–Crippen MR) is 307 cm³/mol. The Bertz CT molecular complexity index is 1470. The minimum absolute atomic E-state index is 0.159. The molecule has 2 N–H and O–H groups in total. The molecular formula is C62H111O11P. The van der Waals surface area contributed by atoms with Gasteiger partial charge in [-0.3, -0.25) is 23.4 Å². The van der Waals surface area contributed by atoms with E-state index in [4.69, 9.17) is 23.3 Å². The molecule has 0 aliphatic heterocycles. The number of hydrogen-bond acceptors (Lipinski definition) is 10. The quantitative estimate of drug-likeness (QED) is 0.0197. The van der Waals surface area contributed by atoms with Crippen molar-refractivity contribution in [3.8, 4) is 0 Å². The minimum atomic E-state index is -4.75. The van der Waals surface area contributed by atoms with Crippen molar-refractivity contribution in [1.29, 1.82) is 0 Å². The van der Waals surface area contributed by atoms with E-state index in [9.17, 15) is 28.9 Å². The molecule has 0 bridgehead atoms. The van der Waals surface area contributed by atoms with E-state index in [1.54, 1.807) is 0 Å². The van der Waals surface area contributed by atoms with Crippen molar-refractivity contribution in [3.63, 3.8) is 0 Å². The summed E-state index contributed by atoms with van der Waals surface area (Å²) in [7, 11) is -4.75. The number of rotatable bonds is 56. The van der Waals surface area contributed by atoms with Gasteiger partial charge in [0.05, 0.1) is 19.8 Å². The van der Waals surface area contributed by atoms with Gasteiger partial charge in [0, 0.05) is 19.3 Å². The summed E-state index contributed by atoms with van der Waals surface area (Å²) < 4.78 is 39.5. The van der Waals surface area contributed by atoms with Gasteiger partial charge in [-0.05, 0) is 103 Å². The highest BCUT2D eigenvalue weighted by Crippen LogP contribution is 2.43. The Hall–Kier alpha value is -2.82. The Kier molecular flexibility index (Phi) is 54.2. The Morgan fingerprint density at radius 2 is 0.676 bits per heavy atom. The minimum Gasteiger partial charge on any atom is -0.462 e. The van der Waals surface area contributed by atoms with Gasteiger partial charge in [0.15, 0.2) is 6.10 Å². The zero-order chi connectivity index (χ0) is 54.1. The summed E-state index contributed by atoms with van der Waals surface area (Å²) in [5, 5.41) is 9.80. The van der Waals surface area contributed by atoms with Gasteiger partial charge in [0.25, 0.3) is 0 Å². The molecule has 0 spiro atoms. The molecule has 0 fully saturated rings. The smallest absolute Gasteiger partial charge is 0.462 e. The fraction of sp³-hybridized carbons (Fsp3) is 0.790. The number of carbonyl (C=O) groups is 3. The lowest BCUT2D eigenvalue weighted by molar-refractivity contribution is -0.161. The van der Waals surface area contributed by atoms with Gasteiger partial charge < -0.3 is 24.2 Å². The van der Waals surface area contributed by atoms with Crippen LogP contribution in [0.15, 0.2) is 60.8 Å². The van der Waals surface area contributed by atoms with E-state index in [0.29, 0.717) is 19.3 Å². The Morgan fingerprint density at radius 3 is 1.09 bits per heavy atom. The first-order valence-corrected chi connectivity index (χ1v) is 31.7. The monoisotopic (exact) mass is 1060 g/mol. The average Bonchev–Trinajstić information content (AvgIpc) is 3.39. The fourth-order valence-electron chi connectivity index (χ4n) is 8.22. The van der Waals surface area contributed by atoms with Crippen LogP contribution in [0.25, 0.3) is 0 Å². The van der Waals surface area contributed by atoms with Crippen LogP contribution in [0.5, 0.6) is 0 Å². The summed E-state index contributed by atoms with van der Waals surface area (Å²) in [6, 6.07) is 0. The molecule has 0 radical (unpaired) electrons. The molecule has 0 saturated heterocycles. The molecule has 11 nitrogen and oxygen atoms in total. The number of aliphatic hydroxyl groups is 1. The molecule has 74 heavy (non-hydrogen) atoms. The maximum atomic E-state index is 12.9. The van der Waals surface area contributed by atoms with E-state index in [2.05, 4.69) is 81.5 Å². The van der Waals surface area contributed by atoms with Crippen LogP contribution in [0.4, 0.5) is 0 Å². The van der Waals surface area contributed by atoms with Crippen LogP contribution in [0.1, 0.15) is 278 Å². The molecule has 0 aliphatic carbocycles. The van der Waals surface area contributed by atoms with Gasteiger partial charge in [0.1, 0.15) is 12.7 Å². The number of esters is 3. The van der Waals surface area contributed by atoms with Crippen LogP contribution >= 0.6 is 7.82 Å². The van der Waals surface area contributed by atoms with Crippen LogP contribution in [-0.4, -0.2) is 66.5 Å². The topological polar surface area (TPSA) is 155 Å². The Labute approximate surface area is 453 Å². The van der Waals surface area contributed by atoms with Crippen LogP contribution in [0, 0.1) is 0 Å². The van der Waals surface area contributed by atoms with Crippen molar-refractivity contribution in [1.82, 2.24) is 0 Å². The maximum absolute atomic E-state index is 12.9. The normalized spacial score (nSPS) is 13.7. The number of hydrogen-bond donors (Lipinski definition) is 2. The van der Waals surface area contributed by atoms with E-state index in [1.807, 2.05) is 0 Å². The lowest BCUT2D eigenvalue weighted by Crippen LogP contribution is -2.30. The van der Waals surface area contributed by atoms with Gasteiger partial charge in [-0.25, -0.2) is 4.57 Å². The molecule has 0 rings (SSSR count). The van der Waals surface area contributed by atoms with Crippen LogP contribution in [0.2, 0.25) is 0 Å². The zero-order valence-electron chi connectivity index (χ0n) is 47.6. The summed E-state index contributed by atoms with van der Waals surface area (Å²) in [6.07, 6.45) is 61.7. The molecular weight excluding hydrogens is 952 g/mol. The van der Waals surface area contributed by atoms with Crippen LogP contribution in [-0.2, 0) is 42.2 Å². The number of carbonyl (C=O) groups excluding carboxylic acids is 3. The molecule has 430 valence electrons. The van der Waals surface area contributed by atoms with Crippen molar-refractivity contribution in [2.45, 2.75) is 290 Å². The molecule has 12 heteroatoms. The molecule has 0 aromatic rings. The lowest BCUT2D eigenvalue weighted by atomic mass is 10.1. The molecule has 0 saturated carbocycles. The predicted octanol–water partition coefficient (Wildman–Crippen LogP) is 17.9. The van der Waals surface area contributed by atoms with Crippen molar-refractivity contribution in [2.24, 2.45) is 0 Å². The third-order valence-electron chi connectivity index (χ3n) is 12.9. The third-order valence-corrected chi connectivity index (χ3v) is 13.8. The second kappa shape index (κ2) is 56.4. The highest BCUT2D eigenvalue weighted by atomic mass is 31.2. The van der Waals surface area contributed by atoms with Crippen molar-refractivity contribution < 1.29 is 52.2 Å². The van der Waals surface area contributed by atoms with Crippen molar-refractivity contribution >= 4 is 25.7 Å². The van der Waals surface area contributed by atoms with Gasteiger partial charge >= 0.3 is 25.7 Å². The summed E-state index contributed by atoms with van der Waals surface area (Å²) in [6.45, 7) is 4.57. The SMILES string of the molecule is CCCC/C=C\CCCCCCCC(=O)OC(CO)COP(=O)(O)OCC(COC(=O)CCCCCCCC/C=C\C/C=C\C/C=C\CCCCC)OC(=O)CCCCCCCCC/C=C\CCCCCCCC. The molecule has 3 unspecified atom stereocenters. The first-order valence-electron chi connectivity index (χ1n) is 30.2. The largest absolute Gasteiger partial charge is 0.472 e. The fourth-order valence-corrected chi connectivity index (χ4v) is 9.01. The maximum Gasteiger partial charge on any atom is 0.472 e. The van der Waals surface area contributed by atoms with Crippen LogP contribution in [0.3, 0.4) is 0 Å². The summed E-state index contributed by atoms with van der Waals surface area (Å²) in [5.74, 6) is -1.48. The first-order chi connectivity index (χ1) is 36.2. The third kappa shape index (κ3) is 54.0. The Balaban J connectivity index is 4.74. The molecule has 0 amide bonds. The molecule has 0 aromatic carbocycles. The Morgan fingerprint density at radius 1 is 0.378 bits per heavy atom. The summed E-state index contributed by atoms with van der Waals surface area (Å²) in [4.78, 5) is 48.6. The number of phosphoric acid groups is 1. The first kappa shape index (κ1) is 71.2. The second-order valence-corrected chi connectivity index (χ2v) is 21.6. The number of phosphoric ester groups is 1.